The normalized spacial score (nSPS) is 11.2. The third kappa shape index (κ3) is 2.39. The minimum Gasteiger partial charge on any atom is -0.204 e. The topological polar surface area (TPSA) is 14.1 Å². The van der Waals surface area contributed by atoms with Crippen molar-refractivity contribution in [1.82, 2.24) is 0 Å². The van der Waals surface area contributed by atoms with Gasteiger partial charge in [-0.05, 0) is 53.4 Å². The maximum absolute atomic E-state index is 3.61. The molecule has 0 atom stereocenters. The van der Waals surface area contributed by atoms with E-state index < -0.39 is 0 Å². The van der Waals surface area contributed by atoms with Gasteiger partial charge in [0.25, 0.3) is 0 Å². The molecule has 0 fully saturated rings. The molecule has 4 aromatic rings. The van der Waals surface area contributed by atoms with Crippen LogP contribution in [0, 0.1) is 6.92 Å². The van der Waals surface area contributed by atoms with E-state index in [0.717, 1.165) is 6.42 Å². The van der Waals surface area contributed by atoms with Gasteiger partial charge < -0.3 is 0 Å². The lowest BCUT2D eigenvalue weighted by Crippen LogP contribution is -2.09. The van der Waals surface area contributed by atoms with Gasteiger partial charge in [0.05, 0.1) is 5.39 Å². The molecule has 0 aliphatic carbocycles. The van der Waals surface area contributed by atoms with E-state index in [1.54, 1.807) is 0 Å². The largest absolute Gasteiger partial charge is 0.212 e. The maximum atomic E-state index is 3.61. The fraction of sp³-hybridized carbons (Fsp3) is 0.136. The molecule has 23 heavy (non-hydrogen) atoms. The molecule has 0 aliphatic rings. The number of H-pyrrole nitrogens is 1. The van der Waals surface area contributed by atoms with Gasteiger partial charge in [-0.15, -0.1) is 0 Å². The molecule has 1 nitrogen and oxygen atoms in total. The van der Waals surface area contributed by atoms with Crippen LogP contribution in [0.4, 0.5) is 0 Å². The Bertz CT molecular complexity index is 997. The zero-order chi connectivity index (χ0) is 15.8. The summed E-state index contributed by atoms with van der Waals surface area (Å²) < 4.78 is 0. The molecule has 112 valence electrons. The SMILES string of the molecule is CCc1ccc(-c2cc(C)c3c(ccc4ccccc43)[nH+]2)cc1. The Kier molecular flexibility index (Phi) is 3.34. The molecule has 1 aromatic heterocycles. The van der Waals surface area contributed by atoms with Gasteiger partial charge in [0.15, 0.2) is 0 Å². The number of pyridine rings is 1. The minimum absolute atomic E-state index is 1.08. The Morgan fingerprint density at radius 1 is 0.870 bits per heavy atom. The maximum Gasteiger partial charge on any atom is 0.212 e. The summed E-state index contributed by atoms with van der Waals surface area (Å²) in [4.78, 5) is 3.61. The molecule has 0 saturated carbocycles. The molecule has 0 radical (unpaired) electrons. The monoisotopic (exact) mass is 298 g/mol. The van der Waals surface area contributed by atoms with Crippen molar-refractivity contribution in [2.75, 3.05) is 0 Å². The molecule has 0 amide bonds. The highest BCUT2D eigenvalue weighted by atomic mass is 14.7. The molecule has 0 spiro atoms. The van der Waals surface area contributed by atoms with Crippen LogP contribution < -0.4 is 4.98 Å². The van der Waals surface area contributed by atoms with Crippen molar-refractivity contribution in [3.05, 3.63) is 77.9 Å². The Labute approximate surface area is 136 Å². The molecule has 1 heteroatoms. The summed E-state index contributed by atoms with van der Waals surface area (Å²) in [5, 5.41) is 3.92. The van der Waals surface area contributed by atoms with Gasteiger partial charge in [-0.3, -0.25) is 0 Å². The van der Waals surface area contributed by atoms with Gasteiger partial charge in [0.1, 0.15) is 0 Å². The van der Waals surface area contributed by atoms with Crippen LogP contribution in [0.1, 0.15) is 18.1 Å². The van der Waals surface area contributed by atoms with Crippen LogP contribution >= 0.6 is 0 Å². The van der Waals surface area contributed by atoms with Crippen molar-refractivity contribution in [2.45, 2.75) is 20.3 Å². The van der Waals surface area contributed by atoms with Crippen molar-refractivity contribution >= 4 is 21.7 Å². The highest BCUT2D eigenvalue weighted by Gasteiger charge is 2.13. The molecular weight excluding hydrogens is 278 g/mol. The molecule has 0 saturated heterocycles. The number of aryl methyl sites for hydroxylation is 2. The molecule has 1 heterocycles. The first-order valence-electron chi connectivity index (χ1n) is 8.20. The van der Waals surface area contributed by atoms with Crippen LogP contribution in [-0.4, -0.2) is 0 Å². The lowest BCUT2D eigenvalue weighted by molar-refractivity contribution is -0.330. The van der Waals surface area contributed by atoms with Gasteiger partial charge in [-0.1, -0.05) is 43.3 Å². The number of hydrogen-bond acceptors (Lipinski definition) is 0. The lowest BCUT2D eigenvalue weighted by atomic mass is 9.99. The first-order chi connectivity index (χ1) is 11.3. The number of benzene rings is 3. The number of hydrogen-bond donors (Lipinski definition) is 0. The highest BCUT2D eigenvalue weighted by molar-refractivity contribution is 6.06. The lowest BCUT2D eigenvalue weighted by Gasteiger charge is -2.06. The number of rotatable bonds is 2. The molecule has 0 aliphatic heterocycles. The van der Waals surface area contributed by atoms with E-state index in [0.29, 0.717) is 0 Å². The Hall–Kier alpha value is -2.67. The fourth-order valence-corrected chi connectivity index (χ4v) is 3.35. The number of nitrogens with one attached hydrogen (secondary N) is 1. The minimum atomic E-state index is 1.08. The van der Waals surface area contributed by atoms with Gasteiger partial charge in [-0.25, -0.2) is 4.98 Å². The van der Waals surface area contributed by atoms with Crippen molar-refractivity contribution in [1.29, 1.82) is 0 Å². The van der Waals surface area contributed by atoms with E-state index in [9.17, 15) is 0 Å². The van der Waals surface area contributed by atoms with Gasteiger partial charge in [0, 0.05) is 17.7 Å². The summed E-state index contributed by atoms with van der Waals surface area (Å²) in [7, 11) is 0. The van der Waals surface area contributed by atoms with E-state index in [1.165, 1.54) is 44.1 Å². The molecule has 0 unspecified atom stereocenters. The molecule has 4 rings (SSSR count). The van der Waals surface area contributed by atoms with E-state index in [4.69, 9.17) is 0 Å². The van der Waals surface area contributed by atoms with E-state index in [1.807, 2.05) is 0 Å². The highest BCUT2D eigenvalue weighted by Crippen LogP contribution is 2.28. The number of aromatic amines is 1. The van der Waals surface area contributed by atoms with Crippen LogP contribution in [0.3, 0.4) is 0 Å². The Morgan fingerprint density at radius 2 is 1.65 bits per heavy atom. The summed E-state index contributed by atoms with van der Waals surface area (Å²) in [5.74, 6) is 0. The van der Waals surface area contributed by atoms with Crippen LogP contribution in [0.2, 0.25) is 0 Å². The second-order valence-corrected chi connectivity index (χ2v) is 6.13. The van der Waals surface area contributed by atoms with E-state index in [2.05, 4.69) is 85.6 Å². The van der Waals surface area contributed by atoms with Gasteiger partial charge >= 0.3 is 0 Å². The Morgan fingerprint density at radius 3 is 2.43 bits per heavy atom. The van der Waals surface area contributed by atoms with Crippen molar-refractivity contribution in [3.63, 3.8) is 0 Å². The third-order valence-electron chi connectivity index (χ3n) is 4.63. The molecular formula is C22H20N+. The first-order valence-corrected chi connectivity index (χ1v) is 8.20. The zero-order valence-electron chi connectivity index (χ0n) is 13.6. The summed E-state index contributed by atoms with van der Waals surface area (Å²) in [6, 6.07) is 24.1. The average molecular weight is 298 g/mol. The van der Waals surface area contributed by atoms with Gasteiger partial charge in [-0.2, -0.15) is 0 Å². The van der Waals surface area contributed by atoms with Crippen molar-refractivity contribution < 1.29 is 4.98 Å². The summed E-state index contributed by atoms with van der Waals surface area (Å²) in [5.41, 5.74) is 6.29. The average Bonchev–Trinajstić information content (AvgIpc) is 2.61. The summed E-state index contributed by atoms with van der Waals surface area (Å²) >= 11 is 0. The Balaban J connectivity index is 1.94. The van der Waals surface area contributed by atoms with Crippen molar-refractivity contribution in [2.24, 2.45) is 0 Å². The predicted molar refractivity (Wildman–Crippen MR) is 97.6 cm³/mol. The quantitative estimate of drug-likeness (QED) is 0.443. The van der Waals surface area contributed by atoms with Crippen molar-refractivity contribution in [3.8, 4) is 11.3 Å². The second kappa shape index (κ2) is 5.51. The zero-order valence-corrected chi connectivity index (χ0v) is 13.6. The summed E-state index contributed by atoms with van der Waals surface area (Å²) in [6.07, 6.45) is 1.08. The van der Waals surface area contributed by atoms with E-state index >= 15 is 0 Å². The van der Waals surface area contributed by atoms with E-state index in [-0.39, 0.29) is 0 Å². The summed E-state index contributed by atoms with van der Waals surface area (Å²) in [6.45, 7) is 4.39. The molecule has 3 aromatic carbocycles. The fourth-order valence-electron chi connectivity index (χ4n) is 3.35. The molecule has 1 N–H and O–H groups in total. The third-order valence-corrected chi connectivity index (χ3v) is 4.63. The standard InChI is InChI=1S/C22H19N/c1-3-16-8-10-18(11-9-16)21-14-15(2)22-19-7-5-4-6-17(19)12-13-20(22)23-21/h4-14H,3H2,1-2H3/p+1. The first kappa shape index (κ1) is 14.0. The van der Waals surface area contributed by atoms with Crippen LogP contribution in [0.5, 0.6) is 0 Å². The van der Waals surface area contributed by atoms with Crippen LogP contribution in [-0.2, 0) is 6.42 Å². The predicted octanol–water partition coefficient (Wildman–Crippen LogP) is 5.34. The second-order valence-electron chi connectivity index (χ2n) is 6.13. The number of aromatic nitrogens is 1. The van der Waals surface area contributed by atoms with Crippen LogP contribution in [0.15, 0.2) is 66.7 Å². The van der Waals surface area contributed by atoms with Crippen LogP contribution in [0.25, 0.3) is 32.9 Å². The molecule has 0 bridgehead atoms. The number of fused-ring (bicyclic) bond motifs is 3. The van der Waals surface area contributed by atoms with Gasteiger partial charge in [0.2, 0.25) is 11.2 Å². The smallest absolute Gasteiger partial charge is 0.204 e.